The second-order valence-electron chi connectivity index (χ2n) is 2.31. The molecule has 4 heteroatoms. The molecule has 2 heterocycles. The molecule has 2 rings (SSSR count). The standard InChI is InChI=1S/C8H8N2S2/c9-4-7-8(10-5-12-7)6-2-1-3-11-6/h1-3,5H,4,9H2. The summed E-state index contributed by atoms with van der Waals surface area (Å²) in [5.74, 6) is 0. The Morgan fingerprint density at radius 1 is 1.42 bits per heavy atom. The lowest BCUT2D eigenvalue weighted by atomic mass is 10.3. The van der Waals surface area contributed by atoms with Crippen LogP contribution in [0.5, 0.6) is 0 Å². The van der Waals surface area contributed by atoms with Crippen LogP contribution in [0.3, 0.4) is 0 Å². The van der Waals surface area contributed by atoms with Crippen molar-refractivity contribution in [3.63, 3.8) is 0 Å². The largest absolute Gasteiger partial charge is 0.326 e. The Labute approximate surface area is 78.7 Å². The molecule has 0 aliphatic rings. The third-order valence-electron chi connectivity index (χ3n) is 1.58. The van der Waals surface area contributed by atoms with Gasteiger partial charge in [0.15, 0.2) is 0 Å². The predicted molar refractivity (Wildman–Crippen MR) is 53.3 cm³/mol. The van der Waals surface area contributed by atoms with Crippen LogP contribution in [0, 0.1) is 0 Å². The van der Waals surface area contributed by atoms with E-state index in [1.54, 1.807) is 22.7 Å². The Balaban J connectivity index is 2.46. The predicted octanol–water partition coefficient (Wildman–Crippen LogP) is 2.33. The van der Waals surface area contributed by atoms with Crippen molar-refractivity contribution < 1.29 is 0 Å². The molecule has 0 bridgehead atoms. The quantitative estimate of drug-likeness (QED) is 0.800. The summed E-state index contributed by atoms with van der Waals surface area (Å²) in [6.07, 6.45) is 0. The fourth-order valence-corrected chi connectivity index (χ4v) is 2.50. The third kappa shape index (κ3) is 1.29. The molecule has 0 aliphatic carbocycles. The molecule has 0 spiro atoms. The smallest absolute Gasteiger partial charge is 0.0955 e. The van der Waals surface area contributed by atoms with E-state index in [0.717, 1.165) is 10.6 Å². The molecule has 0 atom stereocenters. The summed E-state index contributed by atoms with van der Waals surface area (Å²) >= 11 is 3.32. The minimum Gasteiger partial charge on any atom is -0.326 e. The highest BCUT2D eigenvalue weighted by Gasteiger charge is 2.06. The molecule has 0 amide bonds. The first-order valence-electron chi connectivity index (χ1n) is 3.58. The molecule has 0 fully saturated rings. The van der Waals surface area contributed by atoms with Gasteiger partial charge in [0.1, 0.15) is 0 Å². The summed E-state index contributed by atoms with van der Waals surface area (Å²) < 4.78 is 0. The minimum atomic E-state index is 0.581. The average Bonchev–Trinajstić information content (AvgIpc) is 2.74. The van der Waals surface area contributed by atoms with Gasteiger partial charge in [0.25, 0.3) is 0 Å². The van der Waals surface area contributed by atoms with E-state index in [1.165, 1.54) is 4.88 Å². The second kappa shape index (κ2) is 3.35. The van der Waals surface area contributed by atoms with Gasteiger partial charge >= 0.3 is 0 Å². The lowest BCUT2D eigenvalue weighted by Crippen LogP contribution is -1.94. The minimum absolute atomic E-state index is 0.581. The van der Waals surface area contributed by atoms with Gasteiger partial charge in [-0.1, -0.05) is 6.07 Å². The van der Waals surface area contributed by atoms with Crippen molar-refractivity contribution in [2.75, 3.05) is 0 Å². The summed E-state index contributed by atoms with van der Waals surface area (Å²) in [7, 11) is 0. The SMILES string of the molecule is NCc1scnc1-c1cccs1. The molecule has 0 saturated carbocycles. The molecule has 2 aromatic heterocycles. The Bertz CT molecular complexity index is 351. The van der Waals surface area contributed by atoms with Crippen molar-refractivity contribution in [3.8, 4) is 10.6 Å². The lowest BCUT2D eigenvalue weighted by molar-refractivity contribution is 1.10. The summed E-state index contributed by atoms with van der Waals surface area (Å²) in [6.45, 7) is 0.581. The highest BCUT2D eigenvalue weighted by atomic mass is 32.1. The molecule has 0 radical (unpaired) electrons. The van der Waals surface area contributed by atoms with E-state index in [9.17, 15) is 0 Å². The van der Waals surface area contributed by atoms with Gasteiger partial charge in [-0.3, -0.25) is 0 Å². The van der Waals surface area contributed by atoms with Crippen LogP contribution in [0.1, 0.15) is 4.88 Å². The van der Waals surface area contributed by atoms with E-state index in [0.29, 0.717) is 6.54 Å². The van der Waals surface area contributed by atoms with Gasteiger partial charge in [0.05, 0.1) is 16.1 Å². The maximum atomic E-state index is 5.58. The zero-order valence-corrected chi connectivity index (χ0v) is 7.99. The fourth-order valence-electron chi connectivity index (χ4n) is 1.03. The topological polar surface area (TPSA) is 38.9 Å². The molecule has 0 saturated heterocycles. The van der Waals surface area contributed by atoms with Crippen molar-refractivity contribution in [2.45, 2.75) is 6.54 Å². The zero-order valence-electron chi connectivity index (χ0n) is 6.36. The molecule has 2 nitrogen and oxygen atoms in total. The van der Waals surface area contributed by atoms with Crippen LogP contribution < -0.4 is 5.73 Å². The maximum absolute atomic E-state index is 5.58. The van der Waals surface area contributed by atoms with Crippen molar-refractivity contribution in [3.05, 3.63) is 27.9 Å². The van der Waals surface area contributed by atoms with Crippen LogP contribution in [0.4, 0.5) is 0 Å². The summed E-state index contributed by atoms with van der Waals surface area (Å²) in [6, 6.07) is 4.10. The number of hydrogen-bond donors (Lipinski definition) is 1. The Kier molecular flexibility index (Phi) is 2.21. The van der Waals surface area contributed by atoms with Gasteiger partial charge in [0, 0.05) is 11.4 Å². The number of thiazole rings is 1. The van der Waals surface area contributed by atoms with E-state index < -0.39 is 0 Å². The summed E-state index contributed by atoms with van der Waals surface area (Å²) in [5, 5.41) is 2.05. The number of aromatic nitrogens is 1. The van der Waals surface area contributed by atoms with Crippen molar-refractivity contribution in [2.24, 2.45) is 5.73 Å². The highest BCUT2D eigenvalue weighted by molar-refractivity contribution is 7.14. The van der Waals surface area contributed by atoms with Crippen LogP contribution in [0.25, 0.3) is 10.6 Å². The van der Waals surface area contributed by atoms with Gasteiger partial charge in [0.2, 0.25) is 0 Å². The number of hydrogen-bond acceptors (Lipinski definition) is 4. The molecule has 12 heavy (non-hydrogen) atoms. The number of nitrogens with two attached hydrogens (primary N) is 1. The first-order chi connectivity index (χ1) is 5.92. The number of thiophene rings is 1. The van der Waals surface area contributed by atoms with Gasteiger partial charge < -0.3 is 5.73 Å². The van der Waals surface area contributed by atoms with Crippen molar-refractivity contribution >= 4 is 22.7 Å². The number of rotatable bonds is 2. The van der Waals surface area contributed by atoms with E-state index in [-0.39, 0.29) is 0 Å². The fraction of sp³-hybridized carbons (Fsp3) is 0.125. The summed E-state index contributed by atoms with van der Waals surface area (Å²) in [5.41, 5.74) is 8.47. The molecule has 2 aromatic rings. The van der Waals surface area contributed by atoms with Crippen LogP contribution in [-0.4, -0.2) is 4.98 Å². The van der Waals surface area contributed by atoms with Gasteiger partial charge in [-0.25, -0.2) is 4.98 Å². The Hall–Kier alpha value is -0.710. The van der Waals surface area contributed by atoms with Crippen LogP contribution in [-0.2, 0) is 6.54 Å². The first-order valence-corrected chi connectivity index (χ1v) is 5.34. The molecular formula is C8H8N2S2. The Morgan fingerprint density at radius 2 is 2.33 bits per heavy atom. The third-order valence-corrected chi connectivity index (χ3v) is 3.31. The van der Waals surface area contributed by atoms with Crippen molar-refractivity contribution in [1.82, 2.24) is 4.98 Å². The Morgan fingerprint density at radius 3 is 3.00 bits per heavy atom. The molecule has 2 N–H and O–H groups in total. The molecule has 0 aliphatic heterocycles. The van der Waals surface area contributed by atoms with Gasteiger partial charge in [-0.05, 0) is 11.4 Å². The van der Waals surface area contributed by atoms with E-state index in [2.05, 4.69) is 16.4 Å². The van der Waals surface area contributed by atoms with E-state index in [1.807, 2.05) is 11.6 Å². The van der Waals surface area contributed by atoms with Crippen molar-refractivity contribution in [1.29, 1.82) is 0 Å². The molecular weight excluding hydrogens is 188 g/mol. The molecule has 0 unspecified atom stereocenters. The monoisotopic (exact) mass is 196 g/mol. The first kappa shape index (κ1) is 7.91. The van der Waals surface area contributed by atoms with E-state index >= 15 is 0 Å². The van der Waals surface area contributed by atoms with E-state index in [4.69, 9.17) is 5.73 Å². The zero-order chi connectivity index (χ0) is 8.39. The van der Waals surface area contributed by atoms with Crippen LogP contribution in [0.15, 0.2) is 23.0 Å². The summed E-state index contributed by atoms with van der Waals surface area (Å²) in [4.78, 5) is 6.65. The highest BCUT2D eigenvalue weighted by Crippen LogP contribution is 2.28. The van der Waals surface area contributed by atoms with Crippen LogP contribution >= 0.6 is 22.7 Å². The van der Waals surface area contributed by atoms with Crippen LogP contribution in [0.2, 0.25) is 0 Å². The molecule has 0 aromatic carbocycles. The normalized spacial score (nSPS) is 10.4. The average molecular weight is 196 g/mol. The number of nitrogens with zero attached hydrogens (tertiary/aromatic N) is 1. The maximum Gasteiger partial charge on any atom is 0.0955 e. The van der Waals surface area contributed by atoms with Gasteiger partial charge in [-0.15, -0.1) is 22.7 Å². The lowest BCUT2D eigenvalue weighted by Gasteiger charge is -1.93. The van der Waals surface area contributed by atoms with Gasteiger partial charge in [-0.2, -0.15) is 0 Å². The second-order valence-corrected chi connectivity index (χ2v) is 4.19. The molecule has 62 valence electrons.